The van der Waals surface area contributed by atoms with E-state index in [0.717, 1.165) is 10.6 Å². The summed E-state index contributed by atoms with van der Waals surface area (Å²) in [6.45, 7) is 11.9. The lowest BCUT2D eigenvalue weighted by atomic mass is 10.2. The number of hydrogen-bond donors (Lipinski definition) is 0. The van der Waals surface area contributed by atoms with Gasteiger partial charge in [-0.2, -0.15) is 0 Å². The Morgan fingerprint density at radius 1 is 1.06 bits per heavy atom. The maximum Gasteiger partial charge on any atom is 0.578 e. The van der Waals surface area contributed by atoms with Crippen molar-refractivity contribution in [1.82, 2.24) is 0 Å². The maximum absolute atomic E-state index is 5.75. The summed E-state index contributed by atoms with van der Waals surface area (Å²) in [7, 11) is -2.66. The molecular formula is C11H24O3S2Si. The molecule has 102 valence electrons. The molecule has 0 heterocycles. The van der Waals surface area contributed by atoms with E-state index >= 15 is 0 Å². The zero-order valence-corrected chi connectivity index (χ0v) is 14.1. The van der Waals surface area contributed by atoms with Gasteiger partial charge in [0.1, 0.15) is 0 Å². The predicted octanol–water partition coefficient (Wildman–Crippen LogP) is 3.64. The van der Waals surface area contributed by atoms with Gasteiger partial charge in [0.2, 0.25) is 0 Å². The minimum Gasteiger partial charge on any atom is -0.365 e. The third kappa shape index (κ3) is 6.31. The van der Waals surface area contributed by atoms with Crippen molar-refractivity contribution in [3.8, 4) is 0 Å². The van der Waals surface area contributed by atoms with E-state index in [9.17, 15) is 0 Å². The number of hydrogen-bond acceptors (Lipinski definition) is 5. The average Bonchev–Trinajstić information content (AvgIpc) is 2.28. The third-order valence-electron chi connectivity index (χ3n) is 2.20. The Bertz CT molecular complexity index is 210. The van der Waals surface area contributed by atoms with Crippen LogP contribution in [0.5, 0.6) is 0 Å². The third-order valence-corrected chi connectivity index (χ3v) is 8.55. The molecule has 0 aromatic carbocycles. The van der Waals surface area contributed by atoms with Crippen LogP contribution in [0.25, 0.3) is 0 Å². The van der Waals surface area contributed by atoms with Crippen LogP contribution in [0.3, 0.4) is 0 Å². The first-order valence-electron chi connectivity index (χ1n) is 6.19. The van der Waals surface area contributed by atoms with Crippen molar-refractivity contribution in [3.05, 3.63) is 0 Å². The highest BCUT2D eigenvalue weighted by atomic mass is 32.4. The van der Waals surface area contributed by atoms with Crippen LogP contribution < -0.4 is 0 Å². The lowest BCUT2D eigenvalue weighted by Gasteiger charge is -2.28. The van der Waals surface area contributed by atoms with Crippen molar-refractivity contribution in [1.29, 1.82) is 0 Å². The van der Waals surface area contributed by atoms with Gasteiger partial charge in [0.25, 0.3) is 0 Å². The Morgan fingerprint density at radius 2 is 1.47 bits per heavy atom. The molecule has 0 saturated carbocycles. The van der Waals surface area contributed by atoms with Gasteiger partial charge in [-0.05, 0) is 33.1 Å². The van der Waals surface area contributed by atoms with Crippen LogP contribution in [0.15, 0.2) is 0 Å². The molecule has 0 aliphatic heterocycles. The molecule has 0 fully saturated rings. The van der Waals surface area contributed by atoms with E-state index in [-0.39, 0.29) is 0 Å². The van der Waals surface area contributed by atoms with E-state index in [2.05, 4.69) is 13.8 Å². The van der Waals surface area contributed by atoms with Crippen LogP contribution in [-0.4, -0.2) is 32.0 Å². The molecule has 0 aliphatic rings. The molecular weight excluding hydrogens is 272 g/mol. The smallest absolute Gasteiger partial charge is 0.365 e. The van der Waals surface area contributed by atoms with Gasteiger partial charge in [-0.3, -0.25) is 0 Å². The Hall–Kier alpha value is 0.537. The minimum absolute atomic E-state index is 0.378. The van der Waals surface area contributed by atoms with Crippen LogP contribution in [0.1, 0.15) is 41.0 Å². The SMILES string of the molecule is CCO[Si](OCC)(OCC)SC(=S)C(C)CC. The van der Waals surface area contributed by atoms with E-state index in [1.165, 1.54) is 11.2 Å². The molecule has 0 rings (SSSR count). The molecule has 0 amide bonds. The van der Waals surface area contributed by atoms with Crippen LogP contribution in [0, 0.1) is 5.92 Å². The van der Waals surface area contributed by atoms with E-state index < -0.39 is 7.95 Å². The van der Waals surface area contributed by atoms with E-state index in [4.69, 9.17) is 25.5 Å². The van der Waals surface area contributed by atoms with Gasteiger partial charge in [0, 0.05) is 19.8 Å². The fraction of sp³-hybridized carbons (Fsp3) is 0.909. The fourth-order valence-electron chi connectivity index (χ4n) is 1.13. The highest BCUT2D eigenvalue weighted by Gasteiger charge is 2.44. The molecule has 6 heteroatoms. The van der Waals surface area contributed by atoms with Gasteiger partial charge in [0.05, 0.1) is 4.20 Å². The maximum atomic E-state index is 5.75. The number of thiocarbonyl (C=S) groups is 1. The second kappa shape index (κ2) is 9.46. The van der Waals surface area contributed by atoms with E-state index in [0.29, 0.717) is 25.7 Å². The average molecular weight is 297 g/mol. The molecule has 0 radical (unpaired) electrons. The van der Waals surface area contributed by atoms with Gasteiger partial charge in [-0.1, -0.05) is 37.3 Å². The van der Waals surface area contributed by atoms with Crippen molar-refractivity contribution in [2.75, 3.05) is 19.8 Å². The van der Waals surface area contributed by atoms with Crippen molar-refractivity contribution in [2.24, 2.45) is 5.92 Å². The molecule has 0 spiro atoms. The van der Waals surface area contributed by atoms with Crippen molar-refractivity contribution < 1.29 is 13.3 Å². The molecule has 1 atom stereocenters. The summed E-state index contributed by atoms with van der Waals surface area (Å²) in [4.78, 5) is 0. The highest BCUT2D eigenvalue weighted by molar-refractivity contribution is 8.42. The Balaban J connectivity index is 4.69. The summed E-state index contributed by atoms with van der Waals surface area (Å²) >= 11 is 6.93. The molecule has 0 aromatic rings. The summed E-state index contributed by atoms with van der Waals surface area (Å²) in [5.41, 5.74) is 0. The molecule has 1 unspecified atom stereocenters. The van der Waals surface area contributed by atoms with E-state index in [1.807, 2.05) is 20.8 Å². The summed E-state index contributed by atoms with van der Waals surface area (Å²) in [5, 5.41) is 0. The quantitative estimate of drug-likeness (QED) is 0.478. The van der Waals surface area contributed by atoms with Crippen LogP contribution in [0.2, 0.25) is 0 Å². The molecule has 0 saturated heterocycles. The van der Waals surface area contributed by atoms with Crippen LogP contribution in [0.4, 0.5) is 0 Å². The lowest BCUT2D eigenvalue weighted by Crippen LogP contribution is -2.44. The van der Waals surface area contributed by atoms with Gasteiger partial charge >= 0.3 is 7.95 Å². The minimum atomic E-state index is -2.66. The largest absolute Gasteiger partial charge is 0.578 e. The zero-order valence-electron chi connectivity index (χ0n) is 11.4. The first-order valence-corrected chi connectivity index (χ1v) is 9.87. The van der Waals surface area contributed by atoms with E-state index in [1.54, 1.807) is 0 Å². The Morgan fingerprint density at radius 3 is 1.76 bits per heavy atom. The molecule has 0 bridgehead atoms. The van der Waals surface area contributed by atoms with Crippen LogP contribution >= 0.6 is 23.4 Å². The summed E-state index contributed by atoms with van der Waals surface area (Å²) < 4.78 is 18.2. The Labute approximate surface area is 116 Å². The molecule has 0 aromatic heterocycles. The van der Waals surface area contributed by atoms with Gasteiger partial charge in [0.15, 0.2) is 0 Å². The topological polar surface area (TPSA) is 27.7 Å². The second-order valence-corrected chi connectivity index (χ2v) is 8.85. The van der Waals surface area contributed by atoms with Crippen molar-refractivity contribution in [3.63, 3.8) is 0 Å². The second-order valence-electron chi connectivity index (χ2n) is 3.53. The first-order chi connectivity index (χ1) is 8.05. The molecule has 0 aliphatic carbocycles. The normalized spacial score (nSPS) is 13.7. The molecule has 3 nitrogen and oxygen atoms in total. The highest BCUT2D eigenvalue weighted by Crippen LogP contribution is 2.30. The zero-order chi connectivity index (χ0) is 13.3. The predicted molar refractivity (Wildman–Crippen MR) is 80.3 cm³/mol. The monoisotopic (exact) mass is 296 g/mol. The standard InChI is InChI=1S/C11H24O3S2Si/c1-6-10(5)11(15)16-17(12-7-2,13-8-3)14-9-4/h10H,6-9H2,1-5H3. The number of rotatable bonds is 9. The van der Waals surface area contributed by atoms with Gasteiger partial charge in [-0.25, -0.2) is 0 Å². The Kier molecular flexibility index (Phi) is 9.76. The van der Waals surface area contributed by atoms with Crippen molar-refractivity contribution >= 4 is 35.6 Å². The molecule has 0 N–H and O–H groups in total. The fourth-order valence-corrected chi connectivity index (χ4v) is 7.25. The van der Waals surface area contributed by atoms with Crippen LogP contribution in [-0.2, 0) is 13.3 Å². The summed E-state index contributed by atoms with van der Waals surface area (Å²) in [6, 6.07) is 0. The van der Waals surface area contributed by atoms with Gasteiger partial charge < -0.3 is 13.3 Å². The first kappa shape index (κ1) is 17.5. The van der Waals surface area contributed by atoms with Gasteiger partial charge in [-0.15, -0.1) is 0 Å². The van der Waals surface area contributed by atoms with Crippen molar-refractivity contribution in [2.45, 2.75) is 41.0 Å². The molecule has 17 heavy (non-hydrogen) atoms. The lowest BCUT2D eigenvalue weighted by molar-refractivity contribution is 0.0969. The summed E-state index contributed by atoms with van der Waals surface area (Å²) in [5.74, 6) is 0.378. The summed E-state index contributed by atoms with van der Waals surface area (Å²) in [6.07, 6.45) is 1.03.